The summed E-state index contributed by atoms with van der Waals surface area (Å²) in [5, 5.41) is 0. The van der Waals surface area contributed by atoms with Crippen molar-refractivity contribution in [3.05, 3.63) is 0 Å². The van der Waals surface area contributed by atoms with Gasteiger partial charge in [0.15, 0.2) is 6.71 Å². The van der Waals surface area contributed by atoms with E-state index in [-0.39, 0.29) is 0 Å². The first-order chi connectivity index (χ1) is 54.8. The Hall–Kier alpha value is -0.0551. The topological polar surface area (TPSA) is 9.72 Å². The molecule has 0 N–H and O–H groups in total. The second-order valence-corrected chi connectivity index (χ2v) is 50.9. The quantitative estimate of drug-likeness (QED) is 0.191. The molecule has 0 aromatic heterocycles. The molecule has 3 nitrogen and oxygen atoms in total. The Bertz CT molecular complexity index is 2940. The highest BCUT2D eigenvalue weighted by molar-refractivity contribution is 6.65. The molecule has 18 aliphatic carbocycles. The second kappa shape index (κ2) is 33.5. The monoisotopic (exact) mass is 1530 g/mol. The van der Waals surface area contributed by atoms with Crippen LogP contribution in [0.5, 0.6) is 0 Å². The van der Waals surface area contributed by atoms with Crippen LogP contribution in [0.3, 0.4) is 0 Å². The summed E-state index contributed by atoms with van der Waals surface area (Å²) in [5.74, 6) is 28.9. The zero-order valence-electron chi connectivity index (χ0n) is 74.7. The fraction of sp³-hybridized carbons (Fsp3) is 1.00. The van der Waals surface area contributed by atoms with Crippen molar-refractivity contribution in [1.82, 2.24) is 14.7 Å². The van der Waals surface area contributed by atoms with Crippen LogP contribution in [-0.4, -0.2) is 75.8 Å². The molecular weight excluding hydrogens is 1350 g/mol. The standard InChI is InChI=1S/C108H180BN3/c1-107(2,3)83-56-78-50-51-79-57-84(108(4,5)6)66-93-88(63-82(58-83)102(78)103(79)93)77-53-55-99-95(65-77)109-94-64-76(69-32-14-7-15-33-69)52-54-98(94)111(105-89(72-38-20-10-21-39-72)59-80(70-34-16-8-17-35-70)60-90(105)73-40-22-11-23-41-73)100-67-85(110-96-48-30-28-46-86(96)87-47-29-31-49-97(87)110)68-101(104(100)109)112(99)106-91(74-42-24-12-25-43-74)61-81(71-36-18-9-19-37-71)62-92(106)75-44-26-13-27-45-75/h69-106H,7-68H2,1-6H3. The third kappa shape index (κ3) is 14.8. The van der Waals surface area contributed by atoms with Crippen LogP contribution in [0.15, 0.2) is 0 Å². The Morgan fingerprint density at radius 1 is 0.196 bits per heavy atom. The van der Waals surface area contributed by atoms with Crippen LogP contribution in [0, 0.1) is 165 Å². The molecule has 630 valence electrons. The molecule has 0 radical (unpaired) electrons. The molecule has 0 aromatic carbocycles. The van der Waals surface area contributed by atoms with Crippen molar-refractivity contribution in [2.24, 2.45) is 165 Å². The molecule has 4 heteroatoms. The van der Waals surface area contributed by atoms with Gasteiger partial charge in [-0.3, -0.25) is 14.7 Å². The number of hydrogen-bond donors (Lipinski definition) is 0. The van der Waals surface area contributed by atoms with Crippen LogP contribution in [0.2, 0.25) is 17.5 Å². The first-order valence-electron chi connectivity index (χ1n) is 54.1. The van der Waals surface area contributed by atoms with Crippen molar-refractivity contribution in [1.29, 1.82) is 0 Å². The molecule has 0 spiro atoms. The molecule has 3 saturated heterocycles. The maximum absolute atomic E-state index is 4.10. The maximum Gasteiger partial charge on any atom is 0.156 e. The molecule has 27 unspecified atom stereocenters. The van der Waals surface area contributed by atoms with Gasteiger partial charge in [-0.2, -0.15) is 0 Å². The summed E-state index contributed by atoms with van der Waals surface area (Å²) in [5.41, 5.74) is 0.879. The molecule has 3 aliphatic heterocycles. The average Bonchev–Trinajstić information content (AvgIpc) is 0.713. The molecule has 0 aromatic rings. The molecule has 27 atom stereocenters. The van der Waals surface area contributed by atoms with E-state index in [1.807, 2.05) is 0 Å². The molecule has 3 heterocycles. The molecule has 21 fully saturated rings. The zero-order chi connectivity index (χ0) is 75.1. The lowest BCUT2D eigenvalue weighted by atomic mass is 9.17. The summed E-state index contributed by atoms with van der Waals surface area (Å²) in [4.78, 5) is 11.9. The highest BCUT2D eigenvalue weighted by atomic mass is 15.3. The maximum atomic E-state index is 4.10. The van der Waals surface area contributed by atoms with Gasteiger partial charge in [-0.05, 0) is 317 Å². The minimum atomic E-state index is 0.433. The van der Waals surface area contributed by atoms with Crippen molar-refractivity contribution in [2.75, 3.05) is 0 Å². The SMILES string of the molecule is CC(C)(C)C1CC2CCC3CC(C(C)(C)C)CC4C(C5CCC6C(C5)B5C7CC(C8CCCCC8)CCC7N(C7C(C8CCCCC8)CC(C8CCCCC8)CC7C7CCCCC7)C7CC(N8C9CCCCC9C9CCCCC98)CC(C57)N6C5C(C6CCCCC6)CC(C6CCCCC6)CC5C5CCCCC5)CC(C1)C2C34. The smallest absolute Gasteiger partial charge is 0.156 e. The van der Waals surface area contributed by atoms with Crippen LogP contribution in [0.25, 0.3) is 0 Å². The number of rotatable bonds is 11. The van der Waals surface area contributed by atoms with Gasteiger partial charge in [-0.25, -0.2) is 0 Å². The third-order valence-corrected chi connectivity index (χ3v) is 44.7. The molecule has 112 heavy (non-hydrogen) atoms. The van der Waals surface area contributed by atoms with Gasteiger partial charge in [0.25, 0.3) is 0 Å². The Morgan fingerprint density at radius 2 is 0.527 bits per heavy atom. The lowest BCUT2D eigenvalue weighted by molar-refractivity contribution is -0.158. The Balaban J connectivity index is 0.769. The van der Waals surface area contributed by atoms with Crippen molar-refractivity contribution in [3.63, 3.8) is 0 Å². The van der Waals surface area contributed by atoms with Gasteiger partial charge >= 0.3 is 0 Å². The number of fused-ring (bicyclic) bond motifs is 7. The van der Waals surface area contributed by atoms with Gasteiger partial charge < -0.3 is 0 Å². The molecule has 21 rings (SSSR count). The molecular formula is C108H180BN3. The Labute approximate surface area is 693 Å². The van der Waals surface area contributed by atoms with E-state index in [4.69, 9.17) is 0 Å². The minimum Gasteiger partial charge on any atom is -0.295 e. The van der Waals surface area contributed by atoms with Crippen molar-refractivity contribution < 1.29 is 0 Å². The highest BCUT2D eigenvalue weighted by Gasteiger charge is 2.71. The van der Waals surface area contributed by atoms with Crippen LogP contribution >= 0.6 is 0 Å². The van der Waals surface area contributed by atoms with E-state index in [0.29, 0.717) is 10.8 Å². The molecule has 0 bridgehead atoms. The summed E-state index contributed by atoms with van der Waals surface area (Å²) in [6.45, 7) is 17.4. The first-order valence-corrected chi connectivity index (χ1v) is 54.1. The van der Waals surface area contributed by atoms with Crippen LogP contribution in [0.1, 0.15) is 440 Å². The first kappa shape index (κ1) is 79.1. The zero-order valence-corrected chi connectivity index (χ0v) is 74.7. The average molecular weight is 1530 g/mol. The van der Waals surface area contributed by atoms with E-state index in [1.165, 1.54) is 0 Å². The summed E-state index contributed by atoms with van der Waals surface area (Å²) in [7, 11) is 0. The van der Waals surface area contributed by atoms with Gasteiger partial charge in [0, 0.05) is 54.4 Å². The number of nitrogens with zero attached hydrogens (tertiary/aromatic N) is 3. The molecule has 18 saturated carbocycles. The second-order valence-electron chi connectivity index (χ2n) is 50.9. The fourth-order valence-corrected chi connectivity index (χ4v) is 40.4. The van der Waals surface area contributed by atoms with Crippen LogP contribution < -0.4 is 0 Å². The number of hydrogen-bond acceptors (Lipinski definition) is 3. The van der Waals surface area contributed by atoms with E-state index in [0.717, 1.165) is 232 Å². The van der Waals surface area contributed by atoms with Crippen molar-refractivity contribution in [3.8, 4) is 0 Å². The summed E-state index contributed by atoms with van der Waals surface area (Å²) >= 11 is 0. The van der Waals surface area contributed by atoms with Crippen LogP contribution in [-0.2, 0) is 0 Å². The largest absolute Gasteiger partial charge is 0.295 e. The highest BCUT2D eigenvalue weighted by Crippen LogP contribution is 2.72. The lowest BCUT2D eigenvalue weighted by Crippen LogP contribution is -2.78. The lowest BCUT2D eigenvalue weighted by Gasteiger charge is -2.73. The van der Waals surface area contributed by atoms with Gasteiger partial charge in [0.05, 0.1) is 0 Å². The predicted molar refractivity (Wildman–Crippen MR) is 473 cm³/mol. The molecule has 21 aliphatic rings. The summed E-state index contributed by atoms with van der Waals surface area (Å²) in [6, 6.07) is 7.71. The third-order valence-electron chi connectivity index (χ3n) is 44.7. The minimum absolute atomic E-state index is 0.433. The fourth-order valence-electron chi connectivity index (χ4n) is 40.4. The van der Waals surface area contributed by atoms with Gasteiger partial charge in [0.2, 0.25) is 0 Å². The van der Waals surface area contributed by atoms with E-state index >= 15 is 0 Å². The van der Waals surface area contributed by atoms with Crippen molar-refractivity contribution >= 4 is 6.71 Å². The normalized spacial score (nSPS) is 49.3. The Morgan fingerprint density at radius 3 is 0.946 bits per heavy atom. The van der Waals surface area contributed by atoms with E-state index < -0.39 is 0 Å². The van der Waals surface area contributed by atoms with E-state index in [2.05, 4.69) is 56.2 Å². The van der Waals surface area contributed by atoms with Crippen molar-refractivity contribution in [2.45, 2.75) is 511 Å². The van der Waals surface area contributed by atoms with Gasteiger partial charge in [-0.15, -0.1) is 0 Å². The van der Waals surface area contributed by atoms with Gasteiger partial charge in [-0.1, -0.05) is 305 Å². The van der Waals surface area contributed by atoms with Gasteiger partial charge in [0.1, 0.15) is 0 Å². The predicted octanol–water partition coefficient (Wildman–Crippen LogP) is 29.4. The van der Waals surface area contributed by atoms with E-state index in [9.17, 15) is 0 Å². The van der Waals surface area contributed by atoms with E-state index in [1.54, 1.807) is 398 Å². The number of likely N-dealkylation sites (tertiary alicyclic amines) is 1. The summed E-state index contributed by atoms with van der Waals surface area (Å²) in [6.07, 6.45) is 98.7. The molecule has 0 amide bonds. The van der Waals surface area contributed by atoms with Crippen LogP contribution in [0.4, 0.5) is 0 Å². The summed E-state index contributed by atoms with van der Waals surface area (Å²) < 4.78 is 0. The Kier molecular flexibility index (Phi) is 23.7.